The molecule has 0 spiro atoms. The molecule has 13 N–H and O–H groups in total. The topological polar surface area (TPSA) is 350 Å². The fraction of sp³-hybridized carbons (Fsp3) is 1.00. The number of hydrogen-bond acceptors (Lipinski definition) is 21. The fourth-order valence-electron chi connectivity index (χ4n) is 7.30. The first-order chi connectivity index (χ1) is 25.4. The van der Waals surface area contributed by atoms with Crippen LogP contribution in [0.25, 0.3) is 5.73 Å². The molecular weight excluding hydrogens is 3460 g/mol. The zero-order valence-corrected chi connectivity index (χ0v) is 94.0. The van der Waals surface area contributed by atoms with Crippen molar-refractivity contribution in [1.82, 2.24) is 0 Å². The molecule has 0 saturated carbocycles. The van der Waals surface area contributed by atoms with Crippen LogP contribution >= 0.6 is 0 Å². The Bertz CT molecular complexity index is 1220. The van der Waals surface area contributed by atoms with Crippen LogP contribution in [0.5, 0.6) is 0 Å². The molecular formula is C32H56Ac12NO21-. The Balaban J connectivity index is -0.000000467. The third-order valence-corrected chi connectivity index (χ3v) is 11.0. The van der Waals surface area contributed by atoms with E-state index < -0.39 is 173 Å². The quantitative estimate of drug-likeness (QED) is 0.0915. The molecule has 5 rings (SSSR count). The van der Waals surface area contributed by atoms with E-state index in [0.29, 0.717) is 0 Å². The van der Waals surface area contributed by atoms with Gasteiger partial charge in [-0.25, -0.2) is 0 Å². The van der Waals surface area contributed by atoms with Crippen LogP contribution in [-0.4, -0.2) is 228 Å². The van der Waals surface area contributed by atoms with Gasteiger partial charge in [-0.15, -0.1) is 0 Å². The number of nitrogens with one attached hydrogen (secondary N) is 1. The van der Waals surface area contributed by atoms with Crippen molar-refractivity contribution < 1.29 is 633 Å². The number of aliphatic hydroxyl groups excluding tert-OH is 12. The largest absolute Gasteiger partial charge is 0.668 e. The molecule has 5 fully saturated rings. The van der Waals surface area contributed by atoms with Gasteiger partial charge in [-0.3, -0.25) is 0 Å². The van der Waals surface area contributed by atoms with E-state index in [1.807, 2.05) is 0 Å². The van der Waals surface area contributed by atoms with E-state index in [1.165, 1.54) is 13.8 Å². The normalized spacial score (nSPS) is 44.8. The van der Waals surface area contributed by atoms with Gasteiger partial charge in [0, 0.05) is 535 Å². The van der Waals surface area contributed by atoms with Gasteiger partial charge in [0.2, 0.25) is 0 Å². The summed E-state index contributed by atoms with van der Waals surface area (Å²) in [6.45, 7) is 3.87. The van der Waals surface area contributed by atoms with Crippen molar-refractivity contribution in [2.24, 2.45) is 5.92 Å². The zero-order valence-electron chi connectivity index (χ0n) is 37.0. The second-order valence-corrected chi connectivity index (χ2v) is 14.6. The van der Waals surface area contributed by atoms with Gasteiger partial charge >= 0.3 is 0 Å². The second kappa shape index (κ2) is 49.2. The predicted octanol–water partition coefficient (Wildman–Crippen LogP) is -6.46. The Morgan fingerprint density at radius 1 is 0.333 bits per heavy atom. The van der Waals surface area contributed by atoms with E-state index in [2.05, 4.69) is 0 Å². The monoisotopic (exact) mass is 3510 g/mol. The maximum atomic E-state index is 11.2. The number of ether oxygens (including phenoxy) is 9. The molecule has 0 amide bonds. The van der Waals surface area contributed by atoms with Crippen molar-refractivity contribution in [3.63, 3.8) is 0 Å². The van der Waals surface area contributed by atoms with Gasteiger partial charge in [-0.2, -0.15) is 0 Å². The Kier molecular flexibility index (Phi) is 73.6. The Morgan fingerprint density at radius 2 is 0.697 bits per heavy atom. The van der Waals surface area contributed by atoms with Crippen LogP contribution < -0.4 is 0 Å². The third kappa shape index (κ3) is 26.5. The summed E-state index contributed by atoms with van der Waals surface area (Å²) in [5.74, 6) is -0.517. The number of rotatable bonds is 11. The van der Waals surface area contributed by atoms with E-state index in [0.717, 1.165) is 0 Å². The van der Waals surface area contributed by atoms with E-state index >= 15 is 0 Å². The van der Waals surface area contributed by atoms with Crippen molar-refractivity contribution >= 4 is 0 Å². The van der Waals surface area contributed by atoms with Gasteiger partial charge in [-0.1, -0.05) is 13.0 Å². The van der Waals surface area contributed by atoms with Crippen molar-refractivity contribution in [1.29, 1.82) is 0 Å². The summed E-state index contributed by atoms with van der Waals surface area (Å²) >= 11 is 0. The zero-order chi connectivity index (χ0) is 39.9. The molecule has 66 heavy (non-hydrogen) atoms. The summed E-state index contributed by atoms with van der Waals surface area (Å²) in [4.78, 5) is 0. The van der Waals surface area contributed by atoms with Gasteiger partial charge < -0.3 is 110 Å². The van der Waals surface area contributed by atoms with Crippen molar-refractivity contribution in [2.45, 2.75) is 175 Å². The number of hydrogen-bond donors (Lipinski definition) is 12. The smallest absolute Gasteiger partial charge is 0.187 e. The average Bonchev–Trinajstić information content (AvgIpc) is 3.15. The van der Waals surface area contributed by atoms with Crippen LogP contribution in [0.4, 0.5) is 0 Å². The molecule has 22 nitrogen and oxygen atoms in total. The number of aliphatic hydroxyl groups is 12. The van der Waals surface area contributed by atoms with E-state index in [9.17, 15) is 67.0 Å². The standard InChI is InChI=1S/C32H56NO21.12Ac/c1-8-9(2)46-13(6-35)19(40)25(8)51-29-15(33)27(53-30-23(44)20(41)16(37)10(3)47-30)26(14(7-36)50-29)52-32-28(22(43)18(39)12(5-34)49-32)54-31-24(45)21(42)17(38)11(4)48-31;;;;;;;;;;;;/h8-45H,5-7H2,1-4H3;;;;;;;;;;;;/q-1;;;;;;;;;;;;/t8?,9-,10?,11?,12?,13?,14?,15?,16?,17-,18?,19?,20+,21+,22-,23?,24-,25+,26?,27+,28?,29-,30+,31?,32-;;;;;;;;;;;;/m0............/s1. The second-order valence-electron chi connectivity index (χ2n) is 14.6. The van der Waals surface area contributed by atoms with E-state index in [4.69, 9.17) is 42.6 Å². The summed E-state index contributed by atoms with van der Waals surface area (Å²) in [6, 6.07) is -1.70. The minimum absolute atomic E-state index is 0. The van der Waals surface area contributed by atoms with Gasteiger partial charge in [0.25, 0.3) is 0 Å². The maximum absolute atomic E-state index is 11.2. The predicted molar refractivity (Wildman–Crippen MR) is 172 cm³/mol. The summed E-state index contributed by atoms with van der Waals surface area (Å²) < 4.78 is 52.8. The summed E-state index contributed by atoms with van der Waals surface area (Å²) in [5, 5.41) is 126. The van der Waals surface area contributed by atoms with Crippen molar-refractivity contribution in [3.8, 4) is 0 Å². The van der Waals surface area contributed by atoms with Crippen molar-refractivity contribution in [2.75, 3.05) is 19.8 Å². The molecule has 34 heteroatoms. The van der Waals surface area contributed by atoms with Gasteiger partial charge in [0.05, 0.1) is 50.3 Å². The Morgan fingerprint density at radius 3 is 1.12 bits per heavy atom. The first-order valence-corrected chi connectivity index (χ1v) is 18.0. The molecule has 12 radical (unpaired) electrons. The summed E-state index contributed by atoms with van der Waals surface area (Å²) in [6.07, 6.45) is -35.4. The van der Waals surface area contributed by atoms with Crippen LogP contribution in [-0.2, 0) is 42.6 Å². The van der Waals surface area contributed by atoms with E-state index in [1.54, 1.807) is 13.8 Å². The molecule has 5 saturated heterocycles. The third-order valence-electron chi connectivity index (χ3n) is 11.0. The average molecular weight is 3510 g/mol. The first-order valence-electron chi connectivity index (χ1n) is 18.0. The minimum atomic E-state index is -1.94. The maximum Gasteiger partial charge on any atom is 0.187 e. The molecule has 14 unspecified atom stereocenters. The Hall–Kier alpha value is 16.4. The molecule has 0 aliphatic carbocycles. The molecule has 25 atom stereocenters. The summed E-state index contributed by atoms with van der Waals surface area (Å²) in [7, 11) is 0. The van der Waals surface area contributed by atoms with Gasteiger partial charge in [0.1, 0.15) is 91.7 Å². The van der Waals surface area contributed by atoms with Gasteiger partial charge in [0.15, 0.2) is 18.9 Å². The molecule has 0 aromatic heterocycles. The molecule has 352 valence electrons. The van der Waals surface area contributed by atoms with Crippen molar-refractivity contribution in [3.05, 3.63) is 5.73 Å². The van der Waals surface area contributed by atoms with E-state index in [-0.39, 0.29) is 529 Å². The molecule has 0 bridgehead atoms. The molecule has 5 heterocycles. The molecule has 0 aromatic rings. The molecule has 5 aliphatic rings. The van der Waals surface area contributed by atoms with Crippen LogP contribution in [0, 0.1) is 535 Å². The SMILES string of the molecule is CC1O[C@H](O[C@H]2C(O[C@@H]3OC(CO)C(O)[C@H](O)C3OC3OC(C)[C@H](O)[C@@H](O)[C@@H]3O)C(CO)O[C@@H](O[C@H]3C(O)C(CO)O[C@@H](C)C3C)C2[NH-])C(O)[C@H](O)C1O.[Ac].[Ac].[Ac].[Ac].[Ac].[Ac].[Ac].[Ac].[Ac].[Ac].[Ac].[Ac]. The van der Waals surface area contributed by atoms with Crippen LogP contribution in [0.3, 0.4) is 0 Å². The van der Waals surface area contributed by atoms with Crippen LogP contribution in [0.2, 0.25) is 0 Å². The van der Waals surface area contributed by atoms with Crippen LogP contribution in [0.15, 0.2) is 0 Å². The van der Waals surface area contributed by atoms with Crippen LogP contribution in [0.1, 0.15) is 27.7 Å². The Labute approximate surface area is 815 Å². The molecule has 5 aliphatic heterocycles. The first kappa shape index (κ1) is 98.7. The fourth-order valence-corrected chi connectivity index (χ4v) is 7.30. The summed E-state index contributed by atoms with van der Waals surface area (Å²) in [5.41, 5.74) is 9.26. The minimum Gasteiger partial charge on any atom is -0.668 e. The molecule has 0 aromatic carbocycles. The van der Waals surface area contributed by atoms with Gasteiger partial charge in [-0.05, 0) is 20.8 Å².